The van der Waals surface area contributed by atoms with E-state index in [-0.39, 0.29) is 11.3 Å². The average Bonchev–Trinajstić information content (AvgIpc) is 2.23. The van der Waals surface area contributed by atoms with Crippen molar-refractivity contribution in [3.05, 3.63) is 41.7 Å². The van der Waals surface area contributed by atoms with Gasteiger partial charge in [0.25, 0.3) is 0 Å². The summed E-state index contributed by atoms with van der Waals surface area (Å²) in [5, 5.41) is 11.2. The number of carboxylic acids is 1. The molecule has 0 radical (unpaired) electrons. The lowest BCUT2D eigenvalue weighted by molar-refractivity contribution is -0.138. The van der Waals surface area contributed by atoms with E-state index < -0.39 is 29.6 Å². The molecule has 0 aliphatic heterocycles. The Balaban J connectivity index is 3.11. The zero-order chi connectivity index (χ0) is 14.8. The predicted octanol–water partition coefficient (Wildman–Crippen LogP) is 3.29. The lowest BCUT2D eigenvalue weighted by atomic mass is 10.1. The Morgan fingerprint density at radius 3 is 2.37 bits per heavy atom. The normalized spacial score (nSPS) is 12.9. The molecule has 0 saturated heterocycles. The molecule has 0 amide bonds. The summed E-state index contributed by atoms with van der Waals surface area (Å²) in [5.74, 6) is -2.42. The van der Waals surface area contributed by atoms with Crippen LogP contribution in [0.4, 0.5) is 23.2 Å². The van der Waals surface area contributed by atoms with Crippen molar-refractivity contribution in [2.45, 2.75) is 19.1 Å². The first-order chi connectivity index (χ1) is 8.61. The summed E-state index contributed by atoms with van der Waals surface area (Å²) in [5.41, 5.74) is -1.28. The van der Waals surface area contributed by atoms with Crippen LogP contribution in [0.3, 0.4) is 0 Å². The van der Waals surface area contributed by atoms with E-state index >= 15 is 0 Å². The van der Waals surface area contributed by atoms with Crippen LogP contribution in [-0.4, -0.2) is 17.1 Å². The van der Waals surface area contributed by atoms with Crippen LogP contribution in [0.15, 0.2) is 30.4 Å². The molecular formula is C12H11F4NO2. The molecule has 0 unspecified atom stereocenters. The summed E-state index contributed by atoms with van der Waals surface area (Å²) < 4.78 is 50.5. The van der Waals surface area contributed by atoms with E-state index in [4.69, 9.17) is 5.11 Å². The summed E-state index contributed by atoms with van der Waals surface area (Å²) in [6, 6.07) is 0.473. The van der Waals surface area contributed by atoms with Crippen molar-refractivity contribution >= 4 is 11.7 Å². The fourth-order valence-electron chi connectivity index (χ4n) is 1.40. The van der Waals surface area contributed by atoms with Gasteiger partial charge in [0, 0.05) is 5.69 Å². The zero-order valence-corrected chi connectivity index (χ0v) is 9.88. The summed E-state index contributed by atoms with van der Waals surface area (Å²) >= 11 is 0. The maximum Gasteiger partial charge on any atom is 0.416 e. The highest BCUT2D eigenvalue weighted by Gasteiger charge is 2.31. The van der Waals surface area contributed by atoms with E-state index in [2.05, 4.69) is 11.9 Å². The molecule has 1 rings (SSSR count). The Morgan fingerprint density at radius 1 is 1.37 bits per heavy atom. The Hall–Kier alpha value is -2.05. The molecule has 7 heteroatoms. The lowest BCUT2D eigenvalue weighted by Crippen LogP contribution is -2.30. The zero-order valence-electron chi connectivity index (χ0n) is 9.88. The van der Waals surface area contributed by atoms with Crippen molar-refractivity contribution in [3.8, 4) is 0 Å². The number of rotatable bonds is 4. The highest BCUT2D eigenvalue weighted by Crippen LogP contribution is 2.32. The van der Waals surface area contributed by atoms with Crippen molar-refractivity contribution in [2.24, 2.45) is 0 Å². The summed E-state index contributed by atoms with van der Waals surface area (Å²) in [7, 11) is 0. The molecule has 0 heterocycles. The quantitative estimate of drug-likeness (QED) is 0.656. The molecule has 0 spiro atoms. The van der Waals surface area contributed by atoms with Crippen molar-refractivity contribution in [2.75, 3.05) is 5.32 Å². The Kier molecular flexibility index (Phi) is 4.18. The first-order valence-corrected chi connectivity index (χ1v) is 5.14. The van der Waals surface area contributed by atoms with Crippen LogP contribution in [0.5, 0.6) is 0 Å². The van der Waals surface area contributed by atoms with Gasteiger partial charge in [-0.2, -0.15) is 13.2 Å². The fourth-order valence-corrected chi connectivity index (χ4v) is 1.40. The lowest BCUT2D eigenvalue weighted by Gasteiger charge is -2.17. The van der Waals surface area contributed by atoms with E-state index in [1.165, 1.54) is 6.92 Å². The second-order valence-electron chi connectivity index (χ2n) is 3.99. The van der Waals surface area contributed by atoms with E-state index in [0.29, 0.717) is 12.1 Å². The number of halogens is 4. The number of carboxylic acid groups (broad SMARTS) is 1. The first-order valence-electron chi connectivity index (χ1n) is 5.14. The fraction of sp³-hybridized carbons (Fsp3) is 0.250. The minimum Gasteiger partial charge on any atom is -0.479 e. The van der Waals surface area contributed by atoms with Gasteiger partial charge < -0.3 is 10.4 Å². The van der Waals surface area contributed by atoms with Crippen molar-refractivity contribution in [1.29, 1.82) is 0 Å². The van der Waals surface area contributed by atoms with Crippen LogP contribution in [0.1, 0.15) is 12.5 Å². The molecule has 2 N–H and O–H groups in total. The highest BCUT2D eigenvalue weighted by molar-refractivity contribution is 5.81. The van der Waals surface area contributed by atoms with Crippen molar-refractivity contribution in [3.63, 3.8) is 0 Å². The van der Waals surface area contributed by atoms with E-state index in [9.17, 15) is 22.4 Å². The molecule has 0 aliphatic carbocycles. The van der Waals surface area contributed by atoms with Crippen LogP contribution in [0.25, 0.3) is 0 Å². The van der Waals surface area contributed by atoms with Gasteiger partial charge in [0.15, 0.2) is 0 Å². The molecule has 0 fully saturated rings. The van der Waals surface area contributed by atoms with Gasteiger partial charge in [-0.15, -0.1) is 0 Å². The van der Waals surface area contributed by atoms with Gasteiger partial charge in [-0.25, -0.2) is 9.18 Å². The molecule has 1 aromatic carbocycles. The maximum absolute atomic E-state index is 13.1. The predicted molar refractivity (Wildman–Crippen MR) is 61.3 cm³/mol. The number of benzene rings is 1. The molecule has 1 atom stereocenters. The molecule has 0 saturated carbocycles. The smallest absolute Gasteiger partial charge is 0.416 e. The number of anilines is 1. The minimum absolute atomic E-state index is 0.185. The molecular weight excluding hydrogens is 266 g/mol. The third-order valence-corrected chi connectivity index (χ3v) is 2.28. The van der Waals surface area contributed by atoms with E-state index in [1.54, 1.807) is 0 Å². The minimum atomic E-state index is -4.71. The Bertz CT molecular complexity index is 497. The third kappa shape index (κ3) is 3.97. The SMILES string of the molecule is C=C(C)[C@H](Nc1cc(F)cc(C(F)(F)F)c1)C(=O)O. The van der Waals surface area contributed by atoms with Crippen LogP contribution in [0.2, 0.25) is 0 Å². The van der Waals surface area contributed by atoms with Crippen LogP contribution in [0, 0.1) is 5.82 Å². The van der Waals surface area contributed by atoms with Gasteiger partial charge in [0.05, 0.1) is 5.56 Å². The second-order valence-corrected chi connectivity index (χ2v) is 3.99. The standard InChI is InChI=1S/C12H11F4NO2/c1-6(2)10(11(18)19)17-9-4-7(12(14,15)16)3-8(13)5-9/h3-5,10,17H,1H2,2H3,(H,18,19)/t10-/m0/s1. The van der Waals surface area contributed by atoms with E-state index in [1.807, 2.05) is 0 Å². The number of carbonyl (C=O) groups is 1. The number of aliphatic carboxylic acids is 1. The summed E-state index contributed by atoms with van der Waals surface area (Å²) in [6.45, 7) is 4.81. The van der Waals surface area contributed by atoms with Gasteiger partial charge in [-0.3, -0.25) is 0 Å². The molecule has 0 bridgehead atoms. The van der Waals surface area contributed by atoms with Crippen molar-refractivity contribution in [1.82, 2.24) is 0 Å². The largest absolute Gasteiger partial charge is 0.479 e. The van der Waals surface area contributed by atoms with Gasteiger partial charge in [0.1, 0.15) is 11.9 Å². The van der Waals surface area contributed by atoms with Gasteiger partial charge in [-0.1, -0.05) is 6.58 Å². The summed E-state index contributed by atoms with van der Waals surface area (Å²) in [4.78, 5) is 10.9. The topological polar surface area (TPSA) is 49.3 Å². The van der Waals surface area contributed by atoms with Crippen molar-refractivity contribution < 1.29 is 27.5 Å². The second kappa shape index (κ2) is 5.29. The van der Waals surface area contributed by atoms with E-state index in [0.717, 1.165) is 6.07 Å². The summed E-state index contributed by atoms with van der Waals surface area (Å²) in [6.07, 6.45) is -4.71. The first kappa shape index (κ1) is 15.0. The molecule has 0 aromatic heterocycles. The van der Waals surface area contributed by atoms with Gasteiger partial charge in [-0.05, 0) is 30.7 Å². The van der Waals surface area contributed by atoms with Crippen LogP contribution < -0.4 is 5.32 Å². The third-order valence-electron chi connectivity index (χ3n) is 2.28. The molecule has 3 nitrogen and oxygen atoms in total. The highest BCUT2D eigenvalue weighted by atomic mass is 19.4. The molecule has 104 valence electrons. The number of hydrogen-bond donors (Lipinski definition) is 2. The van der Waals surface area contributed by atoms with Crippen LogP contribution >= 0.6 is 0 Å². The Morgan fingerprint density at radius 2 is 1.95 bits per heavy atom. The molecule has 1 aromatic rings. The number of hydrogen-bond acceptors (Lipinski definition) is 2. The van der Waals surface area contributed by atoms with Crippen LogP contribution in [-0.2, 0) is 11.0 Å². The van der Waals surface area contributed by atoms with Gasteiger partial charge in [0.2, 0.25) is 0 Å². The average molecular weight is 277 g/mol. The number of nitrogens with one attached hydrogen (secondary N) is 1. The molecule has 19 heavy (non-hydrogen) atoms. The number of alkyl halides is 3. The molecule has 0 aliphatic rings. The maximum atomic E-state index is 13.1. The Labute approximate surface area is 106 Å². The monoisotopic (exact) mass is 277 g/mol. The van der Waals surface area contributed by atoms with Gasteiger partial charge >= 0.3 is 12.1 Å².